The highest BCUT2D eigenvalue weighted by molar-refractivity contribution is 6.01. The minimum absolute atomic E-state index is 0.0312. The zero-order valence-corrected chi connectivity index (χ0v) is 12.7. The summed E-state index contributed by atoms with van der Waals surface area (Å²) in [6.07, 6.45) is 0.500. The smallest absolute Gasteiger partial charge is 0.308 e. The first-order chi connectivity index (χ1) is 11.4. The van der Waals surface area contributed by atoms with Crippen LogP contribution in [0, 0.1) is 17.6 Å². The monoisotopic (exact) mass is 338 g/mol. The van der Waals surface area contributed by atoms with E-state index in [2.05, 4.69) is 5.32 Å². The van der Waals surface area contributed by atoms with Crippen molar-refractivity contribution < 1.29 is 28.3 Å². The maximum absolute atomic E-state index is 14.4. The fourth-order valence-corrected chi connectivity index (χ4v) is 3.25. The van der Waals surface area contributed by atoms with Gasteiger partial charge in [-0.2, -0.15) is 0 Å². The fourth-order valence-electron chi connectivity index (χ4n) is 3.25. The van der Waals surface area contributed by atoms with E-state index in [1.165, 1.54) is 0 Å². The standard InChI is InChI=1S/C16H16F2N2O4/c17-11-5-9(20-4-3-8(7-20)16(23)24)6-12(18)14(11)10-1-2-13(21)19-15(10)22/h5-6,8,10H,1-4,7H2,(H,23,24)(H,19,21,22)/t8-,10?/m0/s1. The van der Waals surface area contributed by atoms with Gasteiger partial charge < -0.3 is 10.0 Å². The molecule has 128 valence electrons. The van der Waals surface area contributed by atoms with Gasteiger partial charge in [-0.3, -0.25) is 19.7 Å². The summed E-state index contributed by atoms with van der Waals surface area (Å²) in [5.41, 5.74) is -0.0949. The number of benzene rings is 1. The molecule has 1 aromatic rings. The van der Waals surface area contributed by atoms with Crippen molar-refractivity contribution in [2.24, 2.45) is 5.92 Å². The molecule has 0 saturated carbocycles. The van der Waals surface area contributed by atoms with E-state index < -0.39 is 41.3 Å². The van der Waals surface area contributed by atoms with Gasteiger partial charge in [-0.15, -0.1) is 0 Å². The highest BCUT2D eigenvalue weighted by Gasteiger charge is 2.34. The van der Waals surface area contributed by atoms with Crippen LogP contribution < -0.4 is 10.2 Å². The molecule has 0 bridgehead atoms. The van der Waals surface area contributed by atoms with Crippen molar-refractivity contribution >= 4 is 23.5 Å². The summed E-state index contributed by atoms with van der Waals surface area (Å²) in [6, 6.07) is 2.23. The first-order valence-corrected chi connectivity index (χ1v) is 7.67. The lowest BCUT2D eigenvalue weighted by molar-refractivity contribution is -0.141. The van der Waals surface area contributed by atoms with E-state index >= 15 is 0 Å². The third kappa shape index (κ3) is 2.95. The van der Waals surface area contributed by atoms with Crippen molar-refractivity contribution in [3.8, 4) is 0 Å². The van der Waals surface area contributed by atoms with Crippen LogP contribution in [0.1, 0.15) is 30.7 Å². The summed E-state index contributed by atoms with van der Waals surface area (Å²) >= 11 is 0. The zero-order chi connectivity index (χ0) is 17.4. The first kappa shape index (κ1) is 16.4. The predicted molar refractivity (Wildman–Crippen MR) is 79.4 cm³/mol. The van der Waals surface area contributed by atoms with Crippen molar-refractivity contribution in [2.75, 3.05) is 18.0 Å². The summed E-state index contributed by atoms with van der Waals surface area (Å²) in [4.78, 5) is 35.6. The number of piperidine rings is 1. The van der Waals surface area contributed by atoms with Gasteiger partial charge in [0.25, 0.3) is 0 Å². The second-order valence-electron chi connectivity index (χ2n) is 6.10. The van der Waals surface area contributed by atoms with E-state index in [1.807, 2.05) is 0 Å². The maximum atomic E-state index is 14.4. The van der Waals surface area contributed by atoms with Crippen molar-refractivity contribution in [2.45, 2.75) is 25.2 Å². The van der Waals surface area contributed by atoms with Gasteiger partial charge in [0.15, 0.2) is 0 Å². The van der Waals surface area contributed by atoms with E-state index in [0.717, 1.165) is 12.1 Å². The number of carbonyl (C=O) groups is 3. The quantitative estimate of drug-likeness (QED) is 0.814. The molecule has 2 fully saturated rings. The molecule has 0 aromatic heterocycles. The number of carboxylic acids is 1. The Morgan fingerprint density at radius 2 is 1.88 bits per heavy atom. The van der Waals surface area contributed by atoms with Gasteiger partial charge in [0, 0.05) is 30.8 Å². The number of anilines is 1. The number of rotatable bonds is 3. The number of nitrogens with one attached hydrogen (secondary N) is 1. The highest BCUT2D eigenvalue weighted by Crippen LogP contribution is 2.33. The van der Waals surface area contributed by atoms with Crippen LogP contribution in [0.25, 0.3) is 0 Å². The molecule has 6 nitrogen and oxygen atoms in total. The number of amides is 2. The van der Waals surface area contributed by atoms with E-state index in [1.54, 1.807) is 4.90 Å². The second-order valence-corrected chi connectivity index (χ2v) is 6.10. The molecule has 2 amide bonds. The maximum Gasteiger partial charge on any atom is 0.308 e. The summed E-state index contributed by atoms with van der Waals surface area (Å²) in [5.74, 6) is -5.42. The molecule has 0 radical (unpaired) electrons. The summed E-state index contributed by atoms with van der Waals surface area (Å²) in [6.45, 7) is 0.583. The number of imide groups is 1. The van der Waals surface area contributed by atoms with Crippen molar-refractivity contribution in [3.63, 3.8) is 0 Å². The minimum Gasteiger partial charge on any atom is -0.481 e. The number of halogens is 2. The average Bonchev–Trinajstić information content (AvgIpc) is 2.98. The minimum atomic E-state index is -1.04. The van der Waals surface area contributed by atoms with Gasteiger partial charge in [0.05, 0.1) is 11.8 Å². The first-order valence-electron chi connectivity index (χ1n) is 7.67. The molecular weight excluding hydrogens is 322 g/mol. The number of carboxylic acid groups (broad SMARTS) is 1. The largest absolute Gasteiger partial charge is 0.481 e. The summed E-state index contributed by atoms with van der Waals surface area (Å²) in [5, 5.41) is 11.1. The molecule has 0 aliphatic carbocycles. The molecule has 3 rings (SSSR count). The Balaban J connectivity index is 1.86. The molecule has 2 aliphatic heterocycles. The van der Waals surface area contributed by atoms with Crippen LogP contribution in [-0.4, -0.2) is 36.0 Å². The third-order valence-electron chi connectivity index (χ3n) is 4.55. The topological polar surface area (TPSA) is 86.7 Å². The van der Waals surface area contributed by atoms with Gasteiger partial charge in [-0.25, -0.2) is 8.78 Å². The highest BCUT2D eigenvalue weighted by atomic mass is 19.1. The number of carbonyl (C=O) groups excluding carboxylic acids is 2. The summed E-state index contributed by atoms with van der Waals surface area (Å²) in [7, 11) is 0. The van der Waals surface area contributed by atoms with Crippen LogP contribution >= 0.6 is 0 Å². The van der Waals surface area contributed by atoms with Crippen LogP contribution in [-0.2, 0) is 14.4 Å². The molecule has 0 spiro atoms. The molecule has 2 saturated heterocycles. The third-order valence-corrected chi connectivity index (χ3v) is 4.55. The van der Waals surface area contributed by atoms with Crippen LogP contribution in [0.3, 0.4) is 0 Å². The molecule has 1 aromatic carbocycles. The number of aliphatic carboxylic acids is 1. The Kier molecular flexibility index (Phi) is 4.21. The number of nitrogens with zero attached hydrogens (tertiary/aromatic N) is 1. The van der Waals surface area contributed by atoms with Crippen LogP contribution in [0.5, 0.6) is 0 Å². The van der Waals surface area contributed by atoms with Crippen molar-refractivity contribution in [3.05, 3.63) is 29.3 Å². The van der Waals surface area contributed by atoms with Gasteiger partial charge >= 0.3 is 5.97 Å². The Hall–Kier alpha value is -2.51. The van der Waals surface area contributed by atoms with Gasteiger partial charge in [-0.05, 0) is 25.0 Å². The van der Waals surface area contributed by atoms with Crippen molar-refractivity contribution in [1.29, 1.82) is 0 Å². The van der Waals surface area contributed by atoms with Crippen LogP contribution in [0.2, 0.25) is 0 Å². The molecular formula is C16H16F2N2O4. The number of hydrogen-bond donors (Lipinski definition) is 2. The van der Waals surface area contributed by atoms with Crippen molar-refractivity contribution in [1.82, 2.24) is 5.32 Å². The lowest BCUT2D eigenvalue weighted by atomic mass is 9.89. The zero-order valence-electron chi connectivity index (χ0n) is 12.7. The Morgan fingerprint density at radius 3 is 2.42 bits per heavy atom. The Labute approximate surface area is 136 Å². The molecule has 2 atom stereocenters. The Morgan fingerprint density at radius 1 is 1.21 bits per heavy atom. The second kappa shape index (κ2) is 6.18. The van der Waals surface area contributed by atoms with Crippen LogP contribution in [0.15, 0.2) is 12.1 Å². The van der Waals surface area contributed by atoms with Crippen LogP contribution in [0.4, 0.5) is 14.5 Å². The Bertz CT molecular complexity index is 699. The lowest BCUT2D eigenvalue weighted by Gasteiger charge is -2.24. The number of hydrogen-bond acceptors (Lipinski definition) is 4. The molecule has 2 heterocycles. The van der Waals surface area contributed by atoms with Gasteiger partial charge in [0.1, 0.15) is 11.6 Å². The van der Waals surface area contributed by atoms with E-state index in [4.69, 9.17) is 5.11 Å². The average molecular weight is 338 g/mol. The predicted octanol–water partition coefficient (Wildman–Crippen LogP) is 1.40. The van der Waals surface area contributed by atoms with Gasteiger partial charge in [0.2, 0.25) is 11.8 Å². The van der Waals surface area contributed by atoms with Gasteiger partial charge in [-0.1, -0.05) is 0 Å². The van der Waals surface area contributed by atoms with E-state index in [0.29, 0.717) is 13.0 Å². The molecule has 2 aliphatic rings. The normalized spacial score (nSPS) is 24.2. The molecule has 8 heteroatoms. The van der Waals surface area contributed by atoms with E-state index in [-0.39, 0.29) is 30.6 Å². The lowest BCUT2D eigenvalue weighted by Crippen LogP contribution is -2.40. The summed E-state index contributed by atoms with van der Waals surface area (Å²) < 4.78 is 28.9. The fraction of sp³-hybridized carbons (Fsp3) is 0.438. The molecule has 24 heavy (non-hydrogen) atoms. The molecule has 1 unspecified atom stereocenters. The van der Waals surface area contributed by atoms with E-state index in [9.17, 15) is 23.2 Å². The molecule has 2 N–H and O–H groups in total. The SMILES string of the molecule is O=C1CCC(c2c(F)cc(N3CC[C@H](C(=O)O)C3)cc2F)C(=O)N1.